The summed E-state index contributed by atoms with van der Waals surface area (Å²) >= 11 is 0. The number of fused-ring (bicyclic) bond motifs is 2. The van der Waals surface area contributed by atoms with Crippen molar-refractivity contribution in [2.45, 2.75) is 6.61 Å². The van der Waals surface area contributed by atoms with Crippen molar-refractivity contribution in [3.8, 4) is 5.75 Å². The van der Waals surface area contributed by atoms with Gasteiger partial charge < -0.3 is 19.0 Å². The number of rotatable bonds is 4. The summed E-state index contributed by atoms with van der Waals surface area (Å²) < 4.78 is 11.8. The second-order valence-electron chi connectivity index (χ2n) is 7.31. The van der Waals surface area contributed by atoms with E-state index in [1.165, 1.54) is 16.5 Å². The number of ether oxygens (including phenoxy) is 1. The predicted molar refractivity (Wildman–Crippen MR) is 112 cm³/mol. The number of nitrogens with zero attached hydrogens (tertiary/aromatic N) is 3. The number of hydrogen-bond acceptors (Lipinski definition) is 5. The van der Waals surface area contributed by atoms with Crippen LogP contribution in [0.3, 0.4) is 0 Å². The molecule has 4 aromatic rings. The summed E-state index contributed by atoms with van der Waals surface area (Å²) in [4.78, 5) is 9.32. The molecule has 0 unspecified atom stereocenters. The molecule has 0 radical (unpaired) electrons. The molecule has 0 atom stereocenters. The van der Waals surface area contributed by atoms with Gasteiger partial charge in [-0.25, -0.2) is 4.98 Å². The Morgan fingerprint density at radius 2 is 1.82 bits per heavy atom. The van der Waals surface area contributed by atoms with E-state index in [1.807, 2.05) is 30.3 Å². The van der Waals surface area contributed by atoms with E-state index in [9.17, 15) is 0 Å². The summed E-state index contributed by atoms with van der Waals surface area (Å²) in [7, 11) is 2.18. The molecule has 2 heterocycles. The summed E-state index contributed by atoms with van der Waals surface area (Å²) in [6, 6.07) is 20.5. The molecule has 1 fully saturated rings. The summed E-state index contributed by atoms with van der Waals surface area (Å²) in [5.74, 6) is 1.42. The minimum absolute atomic E-state index is 0.316. The van der Waals surface area contributed by atoms with Crippen LogP contribution in [0.2, 0.25) is 0 Å². The zero-order chi connectivity index (χ0) is 18.9. The van der Waals surface area contributed by atoms with Crippen LogP contribution in [-0.4, -0.2) is 43.1 Å². The van der Waals surface area contributed by atoms with E-state index < -0.39 is 0 Å². The predicted octanol–water partition coefficient (Wildman–Crippen LogP) is 4.31. The number of likely N-dealkylation sites (N-methyl/N-ethyl adjacent to an activating group) is 1. The highest BCUT2D eigenvalue weighted by atomic mass is 16.5. The SMILES string of the molecule is CN1CCN(c2cccc3ccc(OCc4nc5ccccc5o4)cc23)CC1. The van der Waals surface area contributed by atoms with Gasteiger partial charge in [-0.1, -0.05) is 30.3 Å². The summed E-state index contributed by atoms with van der Waals surface area (Å²) in [5.41, 5.74) is 2.92. The van der Waals surface area contributed by atoms with Gasteiger partial charge in [-0.15, -0.1) is 0 Å². The van der Waals surface area contributed by atoms with E-state index in [0.29, 0.717) is 12.5 Å². The minimum atomic E-state index is 0.316. The van der Waals surface area contributed by atoms with Crippen molar-refractivity contribution in [1.82, 2.24) is 9.88 Å². The Labute approximate surface area is 164 Å². The van der Waals surface area contributed by atoms with Crippen molar-refractivity contribution in [3.05, 3.63) is 66.6 Å². The van der Waals surface area contributed by atoms with E-state index in [2.05, 4.69) is 52.2 Å². The lowest BCUT2D eigenvalue weighted by Crippen LogP contribution is -2.44. The summed E-state index contributed by atoms with van der Waals surface area (Å²) in [5, 5.41) is 2.45. The second-order valence-corrected chi connectivity index (χ2v) is 7.31. The fraction of sp³-hybridized carbons (Fsp3) is 0.261. The Balaban J connectivity index is 1.40. The number of oxazole rings is 1. The van der Waals surface area contributed by atoms with Gasteiger partial charge in [0, 0.05) is 37.3 Å². The van der Waals surface area contributed by atoms with Gasteiger partial charge in [0.05, 0.1) is 0 Å². The van der Waals surface area contributed by atoms with Crippen LogP contribution < -0.4 is 9.64 Å². The van der Waals surface area contributed by atoms with Crippen LogP contribution in [0.25, 0.3) is 21.9 Å². The Bertz CT molecular complexity index is 1080. The maximum absolute atomic E-state index is 6.01. The van der Waals surface area contributed by atoms with E-state index in [1.54, 1.807) is 0 Å². The molecule has 3 aromatic carbocycles. The van der Waals surface area contributed by atoms with Gasteiger partial charge in [0.2, 0.25) is 5.89 Å². The van der Waals surface area contributed by atoms with E-state index in [0.717, 1.165) is 43.0 Å². The minimum Gasteiger partial charge on any atom is -0.484 e. The van der Waals surface area contributed by atoms with Gasteiger partial charge >= 0.3 is 0 Å². The number of anilines is 1. The molecule has 0 spiro atoms. The van der Waals surface area contributed by atoms with Crippen LogP contribution in [-0.2, 0) is 6.61 Å². The first-order valence-electron chi connectivity index (χ1n) is 9.70. The molecule has 1 aliphatic heterocycles. The lowest BCUT2D eigenvalue weighted by Gasteiger charge is -2.34. The molecule has 1 aromatic heterocycles. The van der Waals surface area contributed by atoms with Crippen molar-refractivity contribution in [1.29, 1.82) is 0 Å². The molecular weight excluding hydrogens is 350 g/mol. The molecule has 5 heteroatoms. The molecule has 5 rings (SSSR count). The zero-order valence-corrected chi connectivity index (χ0v) is 16.0. The molecule has 0 bridgehead atoms. The zero-order valence-electron chi connectivity index (χ0n) is 16.0. The molecule has 28 heavy (non-hydrogen) atoms. The van der Waals surface area contributed by atoms with Gasteiger partial charge in [0.15, 0.2) is 12.2 Å². The molecule has 0 N–H and O–H groups in total. The highest BCUT2D eigenvalue weighted by Gasteiger charge is 2.16. The molecule has 0 amide bonds. The van der Waals surface area contributed by atoms with E-state index in [-0.39, 0.29) is 0 Å². The Kier molecular flexibility index (Phi) is 4.37. The molecule has 0 saturated carbocycles. The van der Waals surface area contributed by atoms with Gasteiger partial charge in [-0.05, 0) is 42.8 Å². The number of hydrogen-bond donors (Lipinski definition) is 0. The number of aromatic nitrogens is 1. The standard InChI is InChI=1S/C23H23N3O2/c1-25-11-13-26(14-12-25)21-7-4-5-17-9-10-18(15-19(17)21)27-16-23-24-20-6-2-3-8-22(20)28-23/h2-10,15H,11-14,16H2,1H3. The van der Waals surface area contributed by atoms with Crippen molar-refractivity contribution < 1.29 is 9.15 Å². The average Bonchev–Trinajstić information content (AvgIpc) is 3.15. The highest BCUT2D eigenvalue weighted by molar-refractivity contribution is 5.95. The van der Waals surface area contributed by atoms with Crippen LogP contribution in [0.15, 0.2) is 65.1 Å². The van der Waals surface area contributed by atoms with Crippen LogP contribution >= 0.6 is 0 Å². The van der Waals surface area contributed by atoms with Gasteiger partial charge in [-0.2, -0.15) is 0 Å². The lowest BCUT2D eigenvalue weighted by molar-refractivity contribution is 0.267. The molecule has 0 aliphatic carbocycles. The average molecular weight is 373 g/mol. The number of piperazine rings is 1. The second kappa shape index (κ2) is 7.17. The molecular formula is C23H23N3O2. The van der Waals surface area contributed by atoms with Crippen molar-refractivity contribution in [2.24, 2.45) is 0 Å². The highest BCUT2D eigenvalue weighted by Crippen LogP contribution is 2.31. The van der Waals surface area contributed by atoms with Gasteiger partial charge in [0.1, 0.15) is 11.3 Å². The van der Waals surface area contributed by atoms with Crippen molar-refractivity contribution >= 4 is 27.6 Å². The van der Waals surface area contributed by atoms with Crippen LogP contribution in [0.1, 0.15) is 5.89 Å². The fourth-order valence-electron chi connectivity index (χ4n) is 3.77. The molecule has 142 valence electrons. The Morgan fingerprint density at radius 1 is 0.964 bits per heavy atom. The summed E-state index contributed by atoms with van der Waals surface area (Å²) in [6.45, 7) is 4.58. The fourth-order valence-corrected chi connectivity index (χ4v) is 3.77. The van der Waals surface area contributed by atoms with E-state index in [4.69, 9.17) is 9.15 Å². The van der Waals surface area contributed by atoms with Crippen LogP contribution in [0.5, 0.6) is 5.75 Å². The number of benzene rings is 3. The monoisotopic (exact) mass is 373 g/mol. The van der Waals surface area contributed by atoms with E-state index >= 15 is 0 Å². The van der Waals surface area contributed by atoms with Crippen molar-refractivity contribution in [3.63, 3.8) is 0 Å². The van der Waals surface area contributed by atoms with Gasteiger partial charge in [-0.3, -0.25) is 0 Å². The quantitative estimate of drug-likeness (QED) is 0.533. The first kappa shape index (κ1) is 17.1. The van der Waals surface area contributed by atoms with Gasteiger partial charge in [0.25, 0.3) is 0 Å². The molecule has 5 nitrogen and oxygen atoms in total. The Morgan fingerprint density at radius 3 is 2.68 bits per heavy atom. The maximum atomic E-state index is 6.01. The molecule has 1 saturated heterocycles. The largest absolute Gasteiger partial charge is 0.484 e. The number of para-hydroxylation sites is 2. The normalized spacial score (nSPS) is 15.4. The third-order valence-corrected chi connectivity index (χ3v) is 5.38. The first-order chi connectivity index (χ1) is 13.8. The Hall–Kier alpha value is -3.05. The smallest absolute Gasteiger partial charge is 0.233 e. The van der Waals surface area contributed by atoms with Crippen LogP contribution in [0, 0.1) is 0 Å². The summed E-state index contributed by atoms with van der Waals surface area (Å²) in [6.07, 6.45) is 0. The van der Waals surface area contributed by atoms with Crippen molar-refractivity contribution in [2.75, 3.05) is 38.1 Å². The van der Waals surface area contributed by atoms with Crippen LogP contribution in [0.4, 0.5) is 5.69 Å². The third-order valence-electron chi connectivity index (χ3n) is 5.38. The molecule has 1 aliphatic rings. The maximum Gasteiger partial charge on any atom is 0.233 e. The topological polar surface area (TPSA) is 41.7 Å². The lowest BCUT2D eigenvalue weighted by atomic mass is 10.1. The first-order valence-corrected chi connectivity index (χ1v) is 9.70. The third kappa shape index (κ3) is 3.29.